The van der Waals surface area contributed by atoms with Gasteiger partial charge in [0.1, 0.15) is 12.3 Å². The number of carbonyl (C=O) groups is 4. The van der Waals surface area contributed by atoms with Crippen molar-refractivity contribution in [3.8, 4) is 0 Å². The summed E-state index contributed by atoms with van der Waals surface area (Å²) in [4.78, 5) is 58.8. The maximum atomic E-state index is 13.7. The van der Waals surface area contributed by atoms with Crippen molar-refractivity contribution in [1.29, 1.82) is 0 Å². The second kappa shape index (κ2) is 15.3. The third kappa shape index (κ3) is 9.22. The van der Waals surface area contributed by atoms with Gasteiger partial charge >= 0.3 is 0 Å². The number of aldehydes is 1. The normalized spacial score (nSPS) is 12.9. The zero-order chi connectivity index (χ0) is 30.6. The Kier molecular flexibility index (Phi) is 11.0. The van der Waals surface area contributed by atoms with E-state index in [4.69, 9.17) is 0 Å². The molecule has 0 fully saturated rings. The molecule has 0 spiro atoms. The van der Waals surface area contributed by atoms with Crippen LogP contribution in [0.2, 0.25) is 0 Å². The first-order valence-electron chi connectivity index (χ1n) is 14.4. The number of fused-ring (bicyclic) bond motifs is 1. The van der Waals surface area contributed by atoms with E-state index >= 15 is 0 Å². The summed E-state index contributed by atoms with van der Waals surface area (Å²) in [5, 5.41) is 10.6. The van der Waals surface area contributed by atoms with Crippen molar-refractivity contribution in [1.82, 2.24) is 25.9 Å². The quantitative estimate of drug-likeness (QED) is 0.132. The molecule has 43 heavy (non-hydrogen) atoms. The average Bonchev–Trinajstić information content (AvgIpc) is 3.52. The van der Waals surface area contributed by atoms with Crippen LogP contribution >= 0.6 is 0 Å². The number of benzene rings is 3. The molecule has 0 aliphatic heterocycles. The Morgan fingerprint density at radius 3 is 2.40 bits per heavy atom. The second-order valence-electron chi connectivity index (χ2n) is 10.8. The molecule has 3 aromatic carbocycles. The molecule has 0 unspecified atom stereocenters. The van der Waals surface area contributed by atoms with E-state index in [9.17, 15) is 19.2 Å². The van der Waals surface area contributed by atoms with E-state index in [-0.39, 0.29) is 30.2 Å². The Labute approximate surface area is 251 Å². The van der Waals surface area contributed by atoms with Gasteiger partial charge < -0.3 is 25.7 Å². The molecule has 4 aromatic rings. The van der Waals surface area contributed by atoms with Crippen LogP contribution in [-0.4, -0.2) is 46.1 Å². The summed E-state index contributed by atoms with van der Waals surface area (Å²) in [5.41, 5.74) is 2.45. The highest BCUT2D eigenvalue weighted by atomic mass is 16.2. The highest BCUT2D eigenvalue weighted by Gasteiger charge is 2.26. The van der Waals surface area contributed by atoms with Gasteiger partial charge in [-0.25, -0.2) is 4.98 Å². The molecule has 0 aliphatic carbocycles. The standard InChI is InChI=1S/C34H37N5O4/c1-23(2)15-29(21-40)38-34(43)31(18-28-20-35-22-37-28)39-33(42)27(16-24-9-4-3-5-10-24)17-32(41)36-19-26-13-8-12-25-11-6-7-14-30(25)26/h3-14,16,20-23,29,31H,15,17-19H2,1-2H3,(H,35,37)(H,36,41)(H,38,43)(H,39,42)/t29-,31-/m0/s1. The summed E-state index contributed by atoms with van der Waals surface area (Å²) >= 11 is 0. The van der Waals surface area contributed by atoms with Crippen molar-refractivity contribution in [2.45, 2.75) is 51.7 Å². The summed E-state index contributed by atoms with van der Waals surface area (Å²) in [7, 11) is 0. The van der Waals surface area contributed by atoms with Crippen molar-refractivity contribution >= 4 is 40.9 Å². The van der Waals surface area contributed by atoms with E-state index in [0.29, 0.717) is 24.9 Å². The van der Waals surface area contributed by atoms with Crippen LogP contribution in [0.3, 0.4) is 0 Å². The summed E-state index contributed by atoms with van der Waals surface area (Å²) in [6.45, 7) is 4.21. The highest BCUT2D eigenvalue weighted by Crippen LogP contribution is 2.19. The lowest BCUT2D eigenvalue weighted by atomic mass is 10.0. The zero-order valence-electron chi connectivity index (χ0n) is 24.4. The molecule has 0 aliphatic rings. The van der Waals surface area contributed by atoms with Crippen LogP contribution in [0.5, 0.6) is 0 Å². The molecule has 4 rings (SSSR count). The highest BCUT2D eigenvalue weighted by molar-refractivity contribution is 6.04. The van der Waals surface area contributed by atoms with E-state index in [1.165, 1.54) is 6.33 Å². The maximum Gasteiger partial charge on any atom is 0.248 e. The Bertz CT molecular complexity index is 1560. The average molecular weight is 580 g/mol. The lowest BCUT2D eigenvalue weighted by Gasteiger charge is -2.22. The molecule has 9 nitrogen and oxygen atoms in total. The minimum Gasteiger partial charge on any atom is -0.352 e. The molecule has 0 bridgehead atoms. The largest absolute Gasteiger partial charge is 0.352 e. The monoisotopic (exact) mass is 579 g/mol. The molecule has 0 radical (unpaired) electrons. The van der Waals surface area contributed by atoms with Crippen molar-refractivity contribution in [2.75, 3.05) is 0 Å². The third-order valence-corrected chi connectivity index (χ3v) is 6.95. The number of imidazole rings is 1. The fourth-order valence-corrected chi connectivity index (χ4v) is 4.83. The van der Waals surface area contributed by atoms with Crippen LogP contribution in [0, 0.1) is 5.92 Å². The van der Waals surface area contributed by atoms with Crippen LogP contribution in [-0.2, 0) is 32.1 Å². The fraction of sp³-hybridized carbons (Fsp3) is 0.265. The second-order valence-corrected chi connectivity index (χ2v) is 10.8. The van der Waals surface area contributed by atoms with Crippen LogP contribution in [0.25, 0.3) is 16.8 Å². The number of aromatic amines is 1. The summed E-state index contributed by atoms with van der Waals surface area (Å²) in [6, 6.07) is 21.3. The number of nitrogens with one attached hydrogen (secondary N) is 4. The van der Waals surface area contributed by atoms with Crippen molar-refractivity contribution in [3.63, 3.8) is 0 Å². The fourth-order valence-electron chi connectivity index (χ4n) is 4.83. The van der Waals surface area contributed by atoms with Crippen molar-refractivity contribution < 1.29 is 19.2 Å². The number of H-pyrrole nitrogens is 1. The number of amides is 3. The smallest absolute Gasteiger partial charge is 0.248 e. The number of hydrogen-bond acceptors (Lipinski definition) is 5. The van der Waals surface area contributed by atoms with Gasteiger partial charge in [0, 0.05) is 24.7 Å². The molecule has 1 heterocycles. The SMILES string of the molecule is CC(C)C[C@@H](C=O)NC(=O)[C@H](Cc1c[nH]cn1)NC(=O)C(=Cc1ccccc1)CC(=O)NCc1cccc2ccccc12. The number of rotatable bonds is 14. The lowest BCUT2D eigenvalue weighted by Crippen LogP contribution is -2.51. The van der Waals surface area contributed by atoms with Gasteiger partial charge in [0.2, 0.25) is 17.7 Å². The van der Waals surface area contributed by atoms with Gasteiger partial charge in [0.25, 0.3) is 0 Å². The van der Waals surface area contributed by atoms with E-state index in [1.807, 2.05) is 86.6 Å². The Hall–Kier alpha value is -5.05. The van der Waals surface area contributed by atoms with Crippen molar-refractivity contribution in [3.05, 3.63) is 108 Å². The van der Waals surface area contributed by atoms with Gasteiger partial charge in [-0.2, -0.15) is 0 Å². The molecule has 9 heteroatoms. The number of aromatic nitrogens is 2. The van der Waals surface area contributed by atoms with Gasteiger partial charge in [0.05, 0.1) is 24.5 Å². The minimum absolute atomic E-state index is 0.0974. The van der Waals surface area contributed by atoms with E-state index in [1.54, 1.807) is 12.3 Å². The van der Waals surface area contributed by atoms with Gasteiger partial charge in [-0.3, -0.25) is 14.4 Å². The van der Waals surface area contributed by atoms with Gasteiger partial charge in [-0.15, -0.1) is 0 Å². The summed E-state index contributed by atoms with van der Waals surface area (Å²) < 4.78 is 0. The molecule has 0 saturated carbocycles. The Morgan fingerprint density at radius 2 is 1.67 bits per heavy atom. The number of carbonyl (C=O) groups excluding carboxylic acids is 4. The van der Waals surface area contributed by atoms with Crippen LogP contribution in [0.1, 0.15) is 43.5 Å². The maximum absolute atomic E-state index is 13.7. The van der Waals surface area contributed by atoms with Crippen LogP contribution < -0.4 is 16.0 Å². The minimum atomic E-state index is -1.02. The van der Waals surface area contributed by atoms with E-state index in [2.05, 4.69) is 25.9 Å². The van der Waals surface area contributed by atoms with Crippen LogP contribution in [0.15, 0.2) is 90.9 Å². The Balaban J connectivity index is 1.52. The van der Waals surface area contributed by atoms with Gasteiger partial charge in [0.15, 0.2) is 0 Å². The first-order valence-corrected chi connectivity index (χ1v) is 14.4. The zero-order valence-corrected chi connectivity index (χ0v) is 24.4. The first-order chi connectivity index (χ1) is 20.8. The number of nitrogens with zero attached hydrogens (tertiary/aromatic N) is 1. The Morgan fingerprint density at radius 1 is 0.930 bits per heavy atom. The summed E-state index contributed by atoms with van der Waals surface area (Å²) in [5.74, 6) is -1.22. The third-order valence-electron chi connectivity index (χ3n) is 6.95. The number of hydrogen-bond donors (Lipinski definition) is 4. The van der Waals surface area contributed by atoms with Crippen molar-refractivity contribution in [2.24, 2.45) is 5.92 Å². The van der Waals surface area contributed by atoms with Gasteiger partial charge in [-0.05, 0) is 40.3 Å². The molecule has 1 aromatic heterocycles. The lowest BCUT2D eigenvalue weighted by molar-refractivity contribution is -0.129. The molecule has 4 N–H and O–H groups in total. The summed E-state index contributed by atoms with van der Waals surface area (Å²) in [6.07, 6.45) is 5.83. The molecule has 222 valence electrons. The molecular formula is C34H37N5O4. The molecule has 3 amide bonds. The predicted octanol–water partition coefficient (Wildman–Crippen LogP) is 4.11. The van der Waals surface area contributed by atoms with E-state index < -0.39 is 23.9 Å². The van der Waals surface area contributed by atoms with Gasteiger partial charge in [-0.1, -0.05) is 86.6 Å². The molecular weight excluding hydrogens is 542 g/mol. The first kappa shape index (κ1) is 30.9. The van der Waals surface area contributed by atoms with E-state index in [0.717, 1.165) is 21.9 Å². The topological polar surface area (TPSA) is 133 Å². The van der Waals surface area contributed by atoms with Crippen LogP contribution in [0.4, 0.5) is 0 Å². The molecule has 0 saturated heterocycles. The predicted molar refractivity (Wildman–Crippen MR) is 167 cm³/mol. The molecule has 2 atom stereocenters.